The molecule has 0 bridgehead atoms. The van der Waals surface area contributed by atoms with Crippen molar-refractivity contribution >= 4 is 11.9 Å². The van der Waals surface area contributed by atoms with E-state index in [4.69, 9.17) is 5.73 Å². The van der Waals surface area contributed by atoms with Gasteiger partial charge in [0, 0.05) is 64.1 Å². The number of hydrogen-bond donors (Lipinski definition) is 1. The summed E-state index contributed by atoms with van der Waals surface area (Å²) in [6, 6.07) is 4.86. The molecule has 3 heterocycles. The zero-order chi connectivity index (χ0) is 20.4. The zero-order valence-electron chi connectivity index (χ0n) is 17.3. The van der Waals surface area contributed by atoms with Crippen LogP contribution in [0, 0.1) is 0 Å². The number of primary amides is 1. The highest BCUT2D eigenvalue weighted by Crippen LogP contribution is 2.26. The third-order valence-corrected chi connectivity index (χ3v) is 6.66. The molecular weight excluding hydrogens is 368 g/mol. The van der Waals surface area contributed by atoms with Crippen LogP contribution in [0.5, 0.6) is 0 Å². The molecule has 3 aliphatic rings. The molecule has 3 amide bonds. The normalized spacial score (nSPS) is 21.6. The monoisotopic (exact) mass is 400 g/mol. The first-order chi connectivity index (χ1) is 14.0. The third kappa shape index (κ3) is 4.53. The minimum Gasteiger partial charge on any atom is -0.364 e. The molecule has 29 heavy (non-hydrogen) atoms. The molecule has 0 spiro atoms. The number of likely N-dealkylation sites (N-methyl/N-ethyl adjacent to an activating group) is 1. The Labute approximate surface area is 172 Å². The van der Waals surface area contributed by atoms with Crippen molar-refractivity contribution < 1.29 is 9.59 Å². The highest BCUT2D eigenvalue weighted by atomic mass is 16.2. The van der Waals surface area contributed by atoms with Gasteiger partial charge in [-0.1, -0.05) is 12.5 Å². The van der Waals surface area contributed by atoms with E-state index < -0.39 is 5.91 Å². The number of hydrogen-bond acceptors (Lipinski definition) is 5. The van der Waals surface area contributed by atoms with Crippen LogP contribution < -0.4 is 5.73 Å². The first-order valence-corrected chi connectivity index (χ1v) is 10.7. The standard InChI is InChI=1S/C21H32N6O2/c1-24(13-16-6-7-19(20(22)28)23-12-16)18-14-27(15-18)21(29)26-9-3-8-25(10-11-26)17-4-2-5-17/h6-7,12,17-18H,2-5,8-11,13-15H2,1H3,(H2,22,28). The SMILES string of the molecule is CN(Cc1ccc(C(N)=O)nc1)C1CN(C(=O)N2CCCN(C3CCC3)CC2)C1. The van der Waals surface area contributed by atoms with Gasteiger partial charge in [-0.15, -0.1) is 0 Å². The Bertz CT molecular complexity index is 729. The van der Waals surface area contributed by atoms with Crippen LogP contribution >= 0.6 is 0 Å². The average molecular weight is 401 g/mol. The lowest BCUT2D eigenvalue weighted by molar-refractivity contribution is 0.0518. The van der Waals surface area contributed by atoms with Gasteiger partial charge in [-0.2, -0.15) is 0 Å². The number of carbonyl (C=O) groups excluding carboxylic acids is 2. The Morgan fingerprint density at radius 2 is 1.90 bits per heavy atom. The molecule has 4 rings (SSSR count). The molecule has 1 aliphatic carbocycles. The predicted octanol–water partition coefficient (Wildman–Crippen LogP) is 0.977. The molecule has 0 aromatic carbocycles. The summed E-state index contributed by atoms with van der Waals surface area (Å²) in [6.07, 6.45) is 6.79. The van der Waals surface area contributed by atoms with Crippen molar-refractivity contribution in [2.45, 2.75) is 44.3 Å². The molecule has 1 aromatic heterocycles. The van der Waals surface area contributed by atoms with Crippen LogP contribution in [-0.4, -0.2) is 94.9 Å². The van der Waals surface area contributed by atoms with Gasteiger partial charge in [0.15, 0.2) is 0 Å². The van der Waals surface area contributed by atoms with Crippen molar-refractivity contribution in [2.75, 3.05) is 46.3 Å². The molecule has 1 aromatic rings. The maximum absolute atomic E-state index is 12.9. The summed E-state index contributed by atoms with van der Waals surface area (Å²) in [5, 5.41) is 0. The molecule has 3 fully saturated rings. The molecule has 8 nitrogen and oxygen atoms in total. The molecule has 2 aliphatic heterocycles. The third-order valence-electron chi connectivity index (χ3n) is 6.66. The Morgan fingerprint density at radius 1 is 1.10 bits per heavy atom. The topological polar surface area (TPSA) is 86.0 Å². The number of nitrogens with zero attached hydrogens (tertiary/aromatic N) is 5. The van der Waals surface area contributed by atoms with Gasteiger partial charge in [-0.3, -0.25) is 19.6 Å². The van der Waals surface area contributed by atoms with Gasteiger partial charge in [0.05, 0.1) is 0 Å². The zero-order valence-corrected chi connectivity index (χ0v) is 17.3. The van der Waals surface area contributed by atoms with E-state index in [0.717, 1.165) is 63.8 Å². The molecule has 158 valence electrons. The lowest BCUT2D eigenvalue weighted by Gasteiger charge is -2.45. The number of urea groups is 1. The summed E-state index contributed by atoms with van der Waals surface area (Å²) in [7, 11) is 2.07. The molecule has 0 radical (unpaired) electrons. The van der Waals surface area contributed by atoms with E-state index in [1.807, 2.05) is 15.9 Å². The Kier molecular flexibility index (Phi) is 6.01. The van der Waals surface area contributed by atoms with E-state index in [9.17, 15) is 9.59 Å². The average Bonchev–Trinajstić information content (AvgIpc) is 2.85. The number of likely N-dealkylation sites (tertiary alicyclic amines) is 1. The second-order valence-corrected chi connectivity index (χ2v) is 8.63. The van der Waals surface area contributed by atoms with Gasteiger partial charge >= 0.3 is 6.03 Å². The number of carbonyl (C=O) groups is 2. The smallest absolute Gasteiger partial charge is 0.320 e. The minimum atomic E-state index is -0.512. The summed E-state index contributed by atoms with van der Waals surface area (Å²) in [5.41, 5.74) is 6.55. The van der Waals surface area contributed by atoms with Crippen molar-refractivity contribution in [1.82, 2.24) is 24.6 Å². The second-order valence-electron chi connectivity index (χ2n) is 8.63. The Balaban J connectivity index is 1.22. The number of amides is 3. The number of pyridine rings is 1. The van der Waals surface area contributed by atoms with E-state index in [2.05, 4.69) is 21.8 Å². The van der Waals surface area contributed by atoms with Gasteiger partial charge in [-0.25, -0.2) is 4.79 Å². The summed E-state index contributed by atoms with van der Waals surface area (Å²) in [5.74, 6) is -0.512. The summed E-state index contributed by atoms with van der Waals surface area (Å²) in [6.45, 7) is 6.14. The summed E-state index contributed by atoms with van der Waals surface area (Å²) in [4.78, 5) is 36.9. The highest BCUT2D eigenvalue weighted by molar-refractivity contribution is 5.90. The van der Waals surface area contributed by atoms with Crippen molar-refractivity contribution in [2.24, 2.45) is 5.73 Å². The number of nitrogens with two attached hydrogens (primary N) is 1. The fourth-order valence-corrected chi connectivity index (χ4v) is 4.42. The van der Waals surface area contributed by atoms with Gasteiger partial charge in [0.2, 0.25) is 0 Å². The van der Waals surface area contributed by atoms with Crippen molar-refractivity contribution in [3.05, 3.63) is 29.6 Å². The van der Waals surface area contributed by atoms with Gasteiger partial charge in [-0.05, 0) is 37.9 Å². The van der Waals surface area contributed by atoms with E-state index in [1.54, 1.807) is 12.3 Å². The maximum atomic E-state index is 12.9. The molecule has 1 saturated carbocycles. The molecule has 0 unspecified atom stereocenters. The Morgan fingerprint density at radius 3 is 2.52 bits per heavy atom. The van der Waals surface area contributed by atoms with E-state index in [1.165, 1.54) is 19.3 Å². The largest absolute Gasteiger partial charge is 0.364 e. The van der Waals surface area contributed by atoms with E-state index >= 15 is 0 Å². The lowest BCUT2D eigenvalue weighted by Crippen LogP contribution is -2.62. The van der Waals surface area contributed by atoms with Crippen molar-refractivity contribution in [3.8, 4) is 0 Å². The first-order valence-electron chi connectivity index (χ1n) is 10.7. The van der Waals surface area contributed by atoms with Crippen LogP contribution in [0.15, 0.2) is 18.3 Å². The van der Waals surface area contributed by atoms with E-state index in [0.29, 0.717) is 6.04 Å². The van der Waals surface area contributed by atoms with Gasteiger partial charge < -0.3 is 15.5 Å². The summed E-state index contributed by atoms with van der Waals surface area (Å²) < 4.78 is 0. The van der Waals surface area contributed by atoms with Crippen molar-refractivity contribution in [3.63, 3.8) is 0 Å². The lowest BCUT2D eigenvalue weighted by atomic mass is 9.91. The van der Waals surface area contributed by atoms with Gasteiger partial charge in [0.1, 0.15) is 5.69 Å². The summed E-state index contributed by atoms with van der Waals surface area (Å²) >= 11 is 0. The van der Waals surface area contributed by atoms with E-state index in [-0.39, 0.29) is 11.7 Å². The molecule has 8 heteroatoms. The van der Waals surface area contributed by atoms with Crippen LogP contribution in [0.3, 0.4) is 0 Å². The van der Waals surface area contributed by atoms with Crippen molar-refractivity contribution in [1.29, 1.82) is 0 Å². The minimum absolute atomic E-state index is 0.192. The quantitative estimate of drug-likeness (QED) is 0.796. The molecular formula is C21H32N6O2. The number of rotatable bonds is 5. The number of aromatic nitrogens is 1. The van der Waals surface area contributed by atoms with Crippen LogP contribution in [0.1, 0.15) is 41.7 Å². The van der Waals surface area contributed by atoms with Crippen LogP contribution in [0.25, 0.3) is 0 Å². The predicted molar refractivity (Wildman–Crippen MR) is 110 cm³/mol. The molecule has 2 saturated heterocycles. The fourth-order valence-electron chi connectivity index (χ4n) is 4.42. The maximum Gasteiger partial charge on any atom is 0.320 e. The van der Waals surface area contributed by atoms with Gasteiger partial charge in [0.25, 0.3) is 5.91 Å². The second kappa shape index (κ2) is 8.67. The fraction of sp³-hybridized carbons (Fsp3) is 0.667. The van der Waals surface area contributed by atoms with Crippen LogP contribution in [0.4, 0.5) is 4.79 Å². The van der Waals surface area contributed by atoms with Crippen LogP contribution in [0.2, 0.25) is 0 Å². The first kappa shape index (κ1) is 20.1. The Hall–Kier alpha value is -2.19. The van der Waals surface area contributed by atoms with Crippen LogP contribution in [-0.2, 0) is 6.54 Å². The highest BCUT2D eigenvalue weighted by Gasteiger charge is 2.36. The molecule has 2 N–H and O–H groups in total. The molecule has 0 atom stereocenters.